The Morgan fingerprint density at radius 2 is 1.76 bits per heavy atom. The fourth-order valence-electron chi connectivity index (χ4n) is 2.62. The van der Waals surface area contributed by atoms with E-state index < -0.39 is 0 Å². The number of anilines is 1. The minimum atomic E-state index is -0.226. The van der Waals surface area contributed by atoms with E-state index in [1.807, 2.05) is 36.4 Å². The summed E-state index contributed by atoms with van der Waals surface area (Å²) in [6.45, 7) is 6.71. The van der Waals surface area contributed by atoms with Gasteiger partial charge in [-0.15, -0.1) is 12.4 Å². The number of carbonyl (C=O) groups is 1. The SMILES string of the molecule is CC(C)(C)c1ccc(OCC(=O)Nc2ccc(-c3n[nH]c(CN)n3)cc2)cc1.Cl. The molecule has 3 rings (SSSR count). The summed E-state index contributed by atoms with van der Waals surface area (Å²) in [6, 6.07) is 15.1. The number of aromatic amines is 1. The van der Waals surface area contributed by atoms with E-state index in [-0.39, 0.29) is 30.3 Å². The normalized spacial score (nSPS) is 10.9. The van der Waals surface area contributed by atoms with Crippen LogP contribution in [0.5, 0.6) is 5.75 Å². The van der Waals surface area contributed by atoms with Gasteiger partial charge in [0.2, 0.25) is 0 Å². The number of halogens is 1. The van der Waals surface area contributed by atoms with Crippen LogP contribution in [0.15, 0.2) is 48.5 Å². The zero-order valence-electron chi connectivity index (χ0n) is 16.7. The summed E-state index contributed by atoms with van der Waals surface area (Å²) in [6.07, 6.45) is 0. The highest BCUT2D eigenvalue weighted by Crippen LogP contribution is 2.24. The number of rotatable bonds is 6. The van der Waals surface area contributed by atoms with Crippen LogP contribution in [-0.4, -0.2) is 27.7 Å². The molecule has 0 atom stereocenters. The number of amides is 1. The molecule has 0 aliphatic carbocycles. The highest BCUT2D eigenvalue weighted by atomic mass is 35.5. The lowest BCUT2D eigenvalue weighted by Gasteiger charge is -2.19. The van der Waals surface area contributed by atoms with Crippen molar-refractivity contribution in [2.45, 2.75) is 32.7 Å². The van der Waals surface area contributed by atoms with E-state index in [2.05, 4.69) is 41.3 Å². The number of benzene rings is 2. The van der Waals surface area contributed by atoms with E-state index in [0.717, 1.165) is 5.56 Å². The molecule has 0 radical (unpaired) electrons. The molecule has 0 spiro atoms. The zero-order valence-corrected chi connectivity index (χ0v) is 17.5. The maximum Gasteiger partial charge on any atom is 0.262 e. The highest BCUT2D eigenvalue weighted by Gasteiger charge is 2.13. The number of nitrogens with two attached hydrogens (primary N) is 1. The van der Waals surface area contributed by atoms with Crippen molar-refractivity contribution in [1.29, 1.82) is 0 Å². The molecular weight excluding hydrogens is 390 g/mol. The Balaban J connectivity index is 0.00000300. The molecule has 3 aromatic rings. The van der Waals surface area contributed by atoms with Crippen molar-refractivity contribution < 1.29 is 9.53 Å². The first kappa shape index (κ1) is 22.4. The van der Waals surface area contributed by atoms with Crippen LogP contribution in [0.2, 0.25) is 0 Å². The molecule has 0 aliphatic rings. The van der Waals surface area contributed by atoms with Gasteiger partial charge in [-0.2, -0.15) is 5.10 Å². The van der Waals surface area contributed by atoms with E-state index in [9.17, 15) is 4.79 Å². The third kappa shape index (κ3) is 6.04. The number of H-pyrrole nitrogens is 1. The van der Waals surface area contributed by atoms with Gasteiger partial charge in [-0.3, -0.25) is 9.89 Å². The Morgan fingerprint density at radius 3 is 2.31 bits per heavy atom. The van der Waals surface area contributed by atoms with Crippen molar-refractivity contribution in [3.63, 3.8) is 0 Å². The molecule has 1 amide bonds. The number of ether oxygens (including phenoxy) is 1. The number of aromatic nitrogens is 3. The second kappa shape index (κ2) is 9.54. The molecule has 0 bridgehead atoms. The second-order valence-electron chi connectivity index (χ2n) is 7.50. The van der Waals surface area contributed by atoms with Gasteiger partial charge in [0.25, 0.3) is 5.91 Å². The third-order valence-electron chi connectivity index (χ3n) is 4.24. The van der Waals surface area contributed by atoms with E-state index in [1.54, 1.807) is 12.1 Å². The minimum absolute atomic E-state index is 0. The molecule has 154 valence electrons. The minimum Gasteiger partial charge on any atom is -0.484 e. The number of hydrogen-bond donors (Lipinski definition) is 3. The smallest absolute Gasteiger partial charge is 0.262 e. The molecule has 0 aliphatic heterocycles. The summed E-state index contributed by atoms with van der Waals surface area (Å²) in [7, 11) is 0. The number of hydrogen-bond acceptors (Lipinski definition) is 5. The Hall–Kier alpha value is -2.90. The van der Waals surface area contributed by atoms with Gasteiger partial charge in [0, 0.05) is 11.3 Å². The average Bonchev–Trinajstić information content (AvgIpc) is 3.16. The molecule has 0 saturated heterocycles. The Morgan fingerprint density at radius 1 is 1.10 bits per heavy atom. The van der Waals surface area contributed by atoms with Gasteiger partial charge in [0.05, 0.1) is 6.54 Å². The van der Waals surface area contributed by atoms with Gasteiger partial charge in [-0.1, -0.05) is 32.9 Å². The maximum absolute atomic E-state index is 12.1. The first-order valence-corrected chi connectivity index (χ1v) is 9.10. The van der Waals surface area contributed by atoms with Gasteiger partial charge in [0.15, 0.2) is 12.4 Å². The lowest BCUT2D eigenvalue weighted by atomic mass is 9.87. The van der Waals surface area contributed by atoms with E-state index in [0.29, 0.717) is 29.6 Å². The van der Waals surface area contributed by atoms with E-state index >= 15 is 0 Å². The fraction of sp³-hybridized carbons (Fsp3) is 0.286. The molecule has 0 unspecified atom stereocenters. The zero-order chi connectivity index (χ0) is 20.1. The summed E-state index contributed by atoms with van der Waals surface area (Å²) < 4.78 is 5.57. The van der Waals surface area contributed by atoms with Crippen molar-refractivity contribution in [2.75, 3.05) is 11.9 Å². The van der Waals surface area contributed by atoms with Gasteiger partial charge in [-0.05, 0) is 47.4 Å². The molecule has 7 nitrogen and oxygen atoms in total. The van der Waals surface area contributed by atoms with Gasteiger partial charge >= 0.3 is 0 Å². The highest BCUT2D eigenvalue weighted by molar-refractivity contribution is 5.92. The van der Waals surface area contributed by atoms with Crippen molar-refractivity contribution in [1.82, 2.24) is 15.2 Å². The van der Waals surface area contributed by atoms with Crippen LogP contribution in [0.4, 0.5) is 5.69 Å². The lowest BCUT2D eigenvalue weighted by molar-refractivity contribution is -0.118. The standard InChI is InChI=1S/C21H25N5O2.ClH/c1-21(2,3)15-6-10-17(11-7-15)28-13-19(27)23-16-8-4-14(5-9-16)20-24-18(12-22)25-26-20;/h4-11H,12-13,22H2,1-3H3,(H,23,27)(H,24,25,26);1H. The predicted octanol–water partition coefficient (Wildman–Crippen LogP) is 3.67. The first-order chi connectivity index (χ1) is 13.3. The maximum atomic E-state index is 12.1. The van der Waals surface area contributed by atoms with Crippen LogP contribution >= 0.6 is 12.4 Å². The average molecular weight is 416 g/mol. The molecule has 0 fully saturated rings. The largest absolute Gasteiger partial charge is 0.484 e. The van der Waals surface area contributed by atoms with Crippen LogP contribution < -0.4 is 15.8 Å². The second-order valence-corrected chi connectivity index (χ2v) is 7.50. The van der Waals surface area contributed by atoms with Crippen LogP contribution in [-0.2, 0) is 16.8 Å². The van der Waals surface area contributed by atoms with Crippen molar-refractivity contribution in [3.8, 4) is 17.1 Å². The molecule has 0 saturated carbocycles. The van der Waals surface area contributed by atoms with E-state index in [4.69, 9.17) is 10.5 Å². The fourth-order valence-corrected chi connectivity index (χ4v) is 2.62. The predicted molar refractivity (Wildman–Crippen MR) is 116 cm³/mol. The third-order valence-corrected chi connectivity index (χ3v) is 4.24. The molecule has 1 aromatic heterocycles. The van der Waals surface area contributed by atoms with Crippen LogP contribution in [0.25, 0.3) is 11.4 Å². The van der Waals surface area contributed by atoms with Gasteiger partial charge in [-0.25, -0.2) is 4.98 Å². The molecule has 4 N–H and O–H groups in total. The van der Waals surface area contributed by atoms with Crippen LogP contribution in [0, 0.1) is 0 Å². The van der Waals surface area contributed by atoms with Crippen molar-refractivity contribution in [2.24, 2.45) is 5.73 Å². The summed E-state index contributed by atoms with van der Waals surface area (Å²) in [5.74, 6) is 1.63. The topological polar surface area (TPSA) is 106 Å². The first-order valence-electron chi connectivity index (χ1n) is 9.10. The van der Waals surface area contributed by atoms with Crippen molar-refractivity contribution in [3.05, 3.63) is 59.9 Å². The lowest BCUT2D eigenvalue weighted by Crippen LogP contribution is -2.20. The van der Waals surface area contributed by atoms with E-state index in [1.165, 1.54) is 5.56 Å². The summed E-state index contributed by atoms with van der Waals surface area (Å²) >= 11 is 0. The summed E-state index contributed by atoms with van der Waals surface area (Å²) in [4.78, 5) is 16.4. The Labute approximate surface area is 176 Å². The molecule has 1 heterocycles. The summed E-state index contributed by atoms with van der Waals surface area (Å²) in [5, 5.41) is 9.69. The monoisotopic (exact) mass is 415 g/mol. The quantitative estimate of drug-likeness (QED) is 0.569. The Bertz CT molecular complexity index is 931. The molecule has 2 aromatic carbocycles. The number of carbonyl (C=O) groups excluding carboxylic acids is 1. The number of nitrogens with zero attached hydrogens (tertiary/aromatic N) is 2. The Kier molecular flexibility index (Phi) is 7.36. The van der Waals surface area contributed by atoms with Crippen LogP contribution in [0.1, 0.15) is 32.2 Å². The summed E-state index contributed by atoms with van der Waals surface area (Å²) in [5.41, 5.74) is 8.34. The van der Waals surface area contributed by atoms with Gasteiger partial charge < -0.3 is 15.8 Å². The van der Waals surface area contributed by atoms with Gasteiger partial charge in [0.1, 0.15) is 11.6 Å². The molecular formula is C21H26ClN5O2. The molecule has 8 heteroatoms. The van der Waals surface area contributed by atoms with Crippen LogP contribution in [0.3, 0.4) is 0 Å². The van der Waals surface area contributed by atoms with Crippen molar-refractivity contribution >= 4 is 24.0 Å². The number of nitrogens with one attached hydrogen (secondary N) is 2. The molecule has 29 heavy (non-hydrogen) atoms.